The molecule has 3 rings (SSSR count). The number of carbonyl (C=O) groups excluding carboxylic acids is 1. The Kier molecular flexibility index (Phi) is 4.94. The Morgan fingerprint density at radius 3 is 2.67 bits per heavy atom. The number of halogens is 1. The van der Waals surface area contributed by atoms with Crippen molar-refractivity contribution in [3.8, 4) is 0 Å². The summed E-state index contributed by atoms with van der Waals surface area (Å²) in [6.07, 6.45) is 4.23. The fourth-order valence-corrected chi connectivity index (χ4v) is 2.91. The van der Waals surface area contributed by atoms with Gasteiger partial charge in [-0.25, -0.2) is 4.39 Å². The highest BCUT2D eigenvalue weighted by atomic mass is 19.1. The number of aryl methyl sites for hydroxylation is 1. The maximum atomic E-state index is 12.9. The molecule has 1 aromatic heterocycles. The van der Waals surface area contributed by atoms with Crippen LogP contribution in [0.15, 0.2) is 54.7 Å². The van der Waals surface area contributed by atoms with Gasteiger partial charge in [0, 0.05) is 37.1 Å². The number of H-pyrrole nitrogens is 1. The minimum absolute atomic E-state index is 0.110. The molecule has 124 valence electrons. The molecule has 0 fully saturated rings. The molecule has 0 spiro atoms. The lowest BCUT2D eigenvalue weighted by molar-refractivity contribution is -0.130. The zero-order valence-corrected chi connectivity index (χ0v) is 13.8. The van der Waals surface area contributed by atoms with Crippen molar-refractivity contribution in [2.75, 3.05) is 7.05 Å². The van der Waals surface area contributed by atoms with Crippen molar-refractivity contribution < 1.29 is 9.18 Å². The number of hydrogen-bond acceptors (Lipinski definition) is 1. The number of rotatable bonds is 6. The molecule has 0 aliphatic heterocycles. The SMILES string of the molecule is CN(Cc1ccc(F)cc1)C(=O)CCCc1c[nH]c2ccccc12. The van der Waals surface area contributed by atoms with Crippen LogP contribution in [-0.2, 0) is 17.8 Å². The average Bonchev–Trinajstić information content (AvgIpc) is 3.00. The maximum absolute atomic E-state index is 12.9. The van der Waals surface area contributed by atoms with Gasteiger partial charge in [0.1, 0.15) is 5.82 Å². The smallest absolute Gasteiger partial charge is 0.222 e. The van der Waals surface area contributed by atoms with Crippen LogP contribution in [0.2, 0.25) is 0 Å². The van der Waals surface area contributed by atoms with Gasteiger partial charge in [-0.1, -0.05) is 30.3 Å². The van der Waals surface area contributed by atoms with Crippen LogP contribution >= 0.6 is 0 Å². The lowest BCUT2D eigenvalue weighted by Crippen LogP contribution is -2.25. The number of carbonyl (C=O) groups is 1. The first-order valence-corrected chi connectivity index (χ1v) is 8.17. The normalized spacial score (nSPS) is 10.9. The first-order chi connectivity index (χ1) is 11.6. The largest absolute Gasteiger partial charge is 0.361 e. The highest BCUT2D eigenvalue weighted by molar-refractivity contribution is 5.83. The van der Waals surface area contributed by atoms with Crippen LogP contribution in [0.3, 0.4) is 0 Å². The first kappa shape index (κ1) is 16.2. The summed E-state index contributed by atoms with van der Waals surface area (Å²) in [5, 5.41) is 1.23. The summed E-state index contributed by atoms with van der Waals surface area (Å²) >= 11 is 0. The molecule has 0 bridgehead atoms. The zero-order chi connectivity index (χ0) is 16.9. The third-order valence-corrected chi connectivity index (χ3v) is 4.27. The Balaban J connectivity index is 1.50. The highest BCUT2D eigenvalue weighted by Gasteiger charge is 2.10. The van der Waals surface area contributed by atoms with Crippen LogP contribution in [0, 0.1) is 5.82 Å². The number of para-hydroxylation sites is 1. The third kappa shape index (κ3) is 3.82. The van der Waals surface area contributed by atoms with E-state index in [1.54, 1.807) is 24.1 Å². The van der Waals surface area contributed by atoms with Crippen LogP contribution in [-0.4, -0.2) is 22.8 Å². The van der Waals surface area contributed by atoms with Crippen molar-refractivity contribution >= 4 is 16.8 Å². The van der Waals surface area contributed by atoms with Gasteiger partial charge in [-0.3, -0.25) is 4.79 Å². The Bertz CT molecular complexity index is 823. The number of aromatic nitrogens is 1. The van der Waals surface area contributed by atoms with Crippen molar-refractivity contribution in [3.63, 3.8) is 0 Å². The Morgan fingerprint density at radius 2 is 1.88 bits per heavy atom. The highest BCUT2D eigenvalue weighted by Crippen LogP contribution is 2.19. The molecule has 1 N–H and O–H groups in total. The van der Waals surface area contributed by atoms with E-state index in [-0.39, 0.29) is 11.7 Å². The molecule has 0 atom stereocenters. The number of nitrogens with one attached hydrogen (secondary N) is 1. The molecule has 0 unspecified atom stereocenters. The lowest BCUT2D eigenvalue weighted by Gasteiger charge is -2.17. The first-order valence-electron chi connectivity index (χ1n) is 8.17. The Labute approximate surface area is 141 Å². The summed E-state index contributed by atoms with van der Waals surface area (Å²) in [4.78, 5) is 17.2. The van der Waals surface area contributed by atoms with Gasteiger partial charge in [-0.15, -0.1) is 0 Å². The number of hydrogen-bond donors (Lipinski definition) is 1. The molecule has 2 aromatic carbocycles. The summed E-state index contributed by atoms with van der Waals surface area (Å²) in [6, 6.07) is 14.5. The molecule has 4 heteroatoms. The second-order valence-electron chi connectivity index (χ2n) is 6.09. The lowest BCUT2D eigenvalue weighted by atomic mass is 10.1. The van der Waals surface area contributed by atoms with E-state index >= 15 is 0 Å². The van der Waals surface area contributed by atoms with Gasteiger partial charge in [0.25, 0.3) is 0 Å². The number of benzene rings is 2. The predicted octanol–water partition coefficient (Wildman–Crippen LogP) is 4.29. The zero-order valence-electron chi connectivity index (χ0n) is 13.8. The quantitative estimate of drug-likeness (QED) is 0.721. The minimum Gasteiger partial charge on any atom is -0.361 e. The second-order valence-corrected chi connectivity index (χ2v) is 6.09. The van der Waals surface area contributed by atoms with Crippen molar-refractivity contribution in [1.82, 2.24) is 9.88 Å². The molecule has 0 radical (unpaired) electrons. The van der Waals surface area contributed by atoms with E-state index < -0.39 is 0 Å². The number of amides is 1. The van der Waals surface area contributed by atoms with Gasteiger partial charge in [-0.2, -0.15) is 0 Å². The fraction of sp³-hybridized carbons (Fsp3) is 0.250. The van der Waals surface area contributed by atoms with E-state index in [1.807, 2.05) is 18.3 Å². The number of aromatic amines is 1. The molecule has 3 aromatic rings. The molecule has 24 heavy (non-hydrogen) atoms. The fourth-order valence-electron chi connectivity index (χ4n) is 2.91. The van der Waals surface area contributed by atoms with E-state index in [4.69, 9.17) is 0 Å². The van der Waals surface area contributed by atoms with E-state index in [1.165, 1.54) is 23.1 Å². The van der Waals surface area contributed by atoms with Gasteiger partial charge in [0.2, 0.25) is 5.91 Å². The molecule has 0 saturated carbocycles. The summed E-state index contributed by atoms with van der Waals surface area (Å²) < 4.78 is 12.9. The monoisotopic (exact) mass is 324 g/mol. The summed E-state index contributed by atoms with van der Waals surface area (Å²) in [5.74, 6) is -0.148. The van der Waals surface area contributed by atoms with Crippen molar-refractivity contribution in [3.05, 3.63) is 71.7 Å². The summed E-state index contributed by atoms with van der Waals surface area (Å²) in [7, 11) is 1.79. The summed E-state index contributed by atoms with van der Waals surface area (Å²) in [5.41, 5.74) is 3.32. The van der Waals surface area contributed by atoms with Crippen molar-refractivity contribution in [1.29, 1.82) is 0 Å². The van der Waals surface area contributed by atoms with Crippen LogP contribution in [0.1, 0.15) is 24.0 Å². The molecule has 0 aliphatic carbocycles. The topological polar surface area (TPSA) is 36.1 Å². The van der Waals surface area contributed by atoms with Crippen LogP contribution in [0.4, 0.5) is 4.39 Å². The van der Waals surface area contributed by atoms with Gasteiger partial charge in [-0.05, 0) is 42.2 Å². The van der Waals surface area contributed by atoms with Crippen molar-refractivity contribution in [2.45, 2.75) is 25.8 Å². The predicted molar refractivity (Wildman–Crippen MR) is 94.1 cm³/mol. The second kappa shape index (κ2) is 7.30. The van der Waals surface area contributed by atoms with E-state index in [9.17, 15) is 9.18 Å². The van der Waals surface area contributed by atoms with Crippen LogP contribution < -0.4 is 0 Å². The van der Waals surface area contributed by atoms with Crippen LogP contribution in [0.5, 0.6) is 0 Å². The van der Waals surface area contributed by atoms with E-state index in [2.05, 4.69) is 17.1 Å². The van der Waals surface area contributed by atoms with Gasteiger partial charge in [0.15, 0.2) is 0 Å². The molecule has 0 saturated heterocycles. The number of nitrogens with zero attached hydrogens (tertiary/aromatic N) is 1. The molecule has 1 amide bonds. The molecule has 0 aliphatic rings. The summed E-state index contributed by atoms with van der Waals surface area (Å²) in [6.45, 7) is 0.506. The average molecular weight is 324 g/mol. The molecule has 3 nitrogen and oxygen atoms in total. The molecular formula is C20H21FN2O. The minimum atomic E-state index is -0.258. The molecular weight excluding hydrogens is 303 g/mol. The third-order valence-electron chi connectivity index (χ3n) is 4.27. The van der Waals surface area contributed by atoms with E-state index in [0.29, 0.717) is 13.0 Å². The molecule has 1 heterocycles. The maximum Gasteiger partial charge on any atom is 0.222 e. The van der Waals surface area contributed by atoms with Crippen LogP contribution in [0.25, 0.3) is 10.9 Å². The van der Waals surface area contributed by atoms with Gasteiger partial charge >= 0.3 is 0 Å². The standard InChI is InChI=1S/C20H21FN2O/c1-23(14-15-9-11-17(21)12-10-15)20(24)8-4-5-16-13-22-19-7-3-2-6-18(16)19/h2-3,6-7,9-13,22H,4-5,8,14H2,1H3. The van der Waals surface area contributed by atoms with Gasteiger partial charge in [0.05, 0.1) is 0 Å². The van der Waals surface area contributed by atoms with E-state index in [0.717, 1.165) is 23.9 Å². The number of fused-ring (bicyclic) bond motifs is 1. The van der Waals surface area contributed by atoms with Crippen molar-refractivity contribution in [2.24, 2.45) is 0 Å². The van der Waals surface area contributed by atoms with Gasteiger partial charge < -0.3 is 9.88 Å². The Morgan fingerprint density at radius 1 is 1.12 bits per heavy atom. The Hall–Kier alpha value is -2.62.